The maximum Gasteiger partial charge on any atom is 0.142 e. The number of hydrogen-bond acceptors (Lipinski definition) is 3. The number of aliphatic imine (C=N–C) groups is 1. The van der Waals surface area contributed by atoms with Crippen LogP contribution in [0.2, 0.25) is 0 Å². The molecule has 0 aromatic heterocycles. The van der Waals surface area contributed by atoms with Crippen LogP contribution in [0.25, 0.3) is 0 Å². The molecule has 0 radical (unpaired) electrons. The molecule has 0 heterocycles. The van der Waals surface area contributed by atoms with Gasteiger partial charge in [0.25, 0.3) is 0 Å². The van der Waals surface area contributed by atoms with Gasteiger partial charge in [-0.15, -0.1) is 0 Å². The zero-order chi connectivity index (χ0) is 16.8. The molecule has 0 spiro atoms. The average molecular weight is 441 g/mol. The predicted octanol–water partition coefficient (Wildman–Crippen LogP) is 6.15. The lowest BCUT2D eigenvalue weighted by Crippen LogP contribution is -2.08. The summed E-state index contributed by atoms with van der Waals surface area (Å²) in [4.78, 5) is 4.53. The fraction of sp³-hybridized carbons (Fsp3) is 0.278. The highest BCUT2D eigenvalue weighted by molar-refractivity contribution is 9.11. The second-order valence-corrected chi connectivity index (χ2v) is 6.93. The minimum atomic E-state index is 0.0881. The third-order valence-electron chi connectivity index (χ3n) is 2.89. The van der Waals surface area contributed by atoms with Crippen molar-refractivity contribution in [2.75, 3.05) is 6.61 Å². The van der Waals surface area contributed by atoms with Crippen molar-refractivity contribution in [2.24, 2.45) is 4.99 Å². The molecule has 0 unspecified atom stereocenters. The SMILES string of the molecule is CCOc1ccc(N=Cc2cc(Br)cc(Br)c2OC(C)C)cc1. The number of hydrogen-bond donors (Lipinski definition) is 0. The molecular weight excluding hydrogens is 422 g/mol. The molecule has 0 saturated heterocycles. The van der Waals surface area contributed by atoms with Crippen molar-refractivity contribution in [3.63, 3.8) is 0 Å². The van der Waals surface area contributed by atoms with E-state index < -0.39 is 0 Å². The second-order valence-electron chi connectivity index (χ2n) is 5.16. The molecule has 5 heteroatoms. The molecule has 0 N–H and O–H groups in total. The molecule has 0 aliphatic carbocycles. The van der Waals surface area contributed by atoms with Gasteiger partial charge in [-0.25, -0.2) is 0 Å². The van der Waals surface area contributed by atoms with Crippen LogP contribution in [0, 0.1) is 0 Å². The van der Waals surface area contributed by atoms with Gasteiger partial charge in [0, 0.05) is 16.3 Å². The van der Waals surface area contributed by atoms with Gasteiger partial charge in [-0.05, 0) is 73.1 Å². The van der Waals surface area contributed by atoms with Crippen molar-refractivity contribution in [1.29, 1.82) is 0 Å². The Morgan fingerprint density at radius 2 is 1.83 bits per heavy atom. The Bertz CT molecular complexity index is 682. The largest absolute Gasteiger partial charge is 0.494 e. The van der Waals surface area contributed by atoms with Crippen molar-refractivity contribution in [3.05, 3.63) is 50.9 Å². The van der Waals surface area contributed by atoms with E-state index in [1.165, 1.54) is 0 Å². The summed E-state index contributed by atoms with van der Waals surface area (Å²) >= 11 is 7.05. The maximum atomic E-state index is 5.89. The van der Waals surface area contributed by atoms with Crippen LogP contribution in [-0.4, -0.2) is 18.9 Å². The van der Waals surface area contributed by atoms with Crippen molar-refractivity contribution >= 4 is 43.8 Å². The van der Waals surface area contributed by atoms with Crippen LogP contribution in [-0.2, 0) is 0 Å². The lowest BCUT2D eigenvalue weighted by molar-refractivity contribution is 0.240. The van der Waals surface area contributed by atoms with E-state index in [0.29, 0.717) is 6.61 Å². The van der Waals surface area contributed by atoms with Crippen LogP contribution >= 0.6 is 31.9 Å². The molecular formula is C18H19Br2NO2. The molecule has 0 bridgehead atoms. The fourth-order valence-corrected chi connectivity index (χ4v) is 3.33. The number of benzene rings is 2. The minimum Gasteiger partial charge on any atom is -0.494 e. The summed E-state index contributed by atoms with van der Waals surface area (Å²) in [7, 11) is 0. The number of halogens is 2. The highest BCUT2D eigenvalue weighted by Crippen LogP contribution is 2.33. The van der Waals surface area contributed by atoms with Crippen LogP contribution in [0.4, 0.5) is 5.69 Å². The maximum absolute atomic E-state index is 5.89. The fourth-order valence-electron chi connectivity index (χ4n) is 1.98. The van der Waals surface area contributed by atoms with E-state index in [4.69, 9.17) is 9.47 Å². The first-order chi connectivity index (χ1) is 11.0. The van der Waals surface area contributed by atoms with Gasteiger partial charge >= 0.3 is 0 Å². The molecule has 2 aromatic carbocycles. The predicted molar refractivity (Wildman–Crippen MR) is 102 cm³/mol. The summed E-state index contributed by atoms with van der Waals surface area (Å²) < 4.78 is 13.2. The highest BCUT2D eigenvalue weighted by Gasteiger charge is 2.10. The minimum absolute atomic E-state index is 0.0881. The van der Waals surface area contributed by atoms with E-state index in [2.05, 4.69) is 36.9 Å². The van der Waals surface area contributed by atoms with Crippen molar-refractivity contribution in [3.8, 4) is 11.5 Å². The average Bonchev–Trinajstić information content (AvgIpc) is 2.49. The summed E-state index contributed by atoms with van der Waals surface area (Å²) in [5, 5.41) is 0. The topological polar surface area (TPSA) is 30.8 Å². The lowest BCUT2D eigenvalue weighted by atomic mass is 10.2. The van der Waals surface area contributed by atoms with E-state index >= 15 is 0 Å². The van der Waals surface area contributed by atoms with Gasteiger partial charge in [0.2, 0.25) is 0 Å². The lowest BCUT2D eigenvalue weighted by Gasteiger charge is -2.14. The van der Waals surface area contributed by atoms with E-state index in [1.807, 2.05) is 63.4 Å². The summed E-state index contributed by atoms with van der Waals surface area (Å²) in [6.45, 7) is 6.63. The Morgan fingerprint density at radius 1 is 1.13 bits per heavy atom. The summed E-state index contributed by atoms with van der Waals surface area (Å²) in [5.74, 6) is 1.64. The monoisotopic (exact) mass is 439 g/mol. The first-order valence-corrected chi connectivity index (χ1v) is 9.00. The first-order valence-electron chi connectivity index (χ1n) is 7.42. The van der Waals surface area contributed by atoms with Crippen molar-refractivity contribution in [1.82, 2.24) is 0 Å². The first kappa shape index (κ1) is 18.0. The van der Waals surface area contributed by atoms with Gasteiger partial charge in [0.1, 0.15) is 11.5 Å². The second kappa shape index (κ2) is 8.50. The molecule has 2 rings (SSSR count). The molecule has 0 aliphatic heterocycles. The normalized spacial score (nSPS) is 11.2. The van der Waals surface area contributed by atoms with Gasteiger partial charge in [-0.3, -0.25) is 4.99 Å². The summed E-state index contributed by atoms with van der Waals surface area (Å²) in [6, 6.07) is 11.6. The third-order valence-corrected chi connectivity index (χ3v) is 3.94. The third kappa shape index (κ3) is 5.36. The van der Waals surface area contributed by atoms with E-state index in [0.717, 1.165) is 31.7 Å². The van der Waals surface area contributed by atoms with Crippen LogP contribution in [0.5, 0.6) is 11.5 Å². The highest BCUT2D eigenvalue weighted by atomic mass is 79.9. The van der Waals surface area contributed by atoms with Gasteiger partial charge in [0.05, 0.1) is 22.9 Å². The molecule has 122 valence electrons. The van der Waals surface area contributed by atoms with Crippen LogP contribution in [0.1, 0.15) is 26.3 Å². The van der Waals surface area contributed by atoms with E-state index in [-0.39, 0.29) is 6.10 Å². The van der Waals surface area contributed by atoms with Crippen LogP contribution < -0.4 is 9.47 Å². The van der Waals surface area contributed by atoms with Gasteiger partial charge in [0.15, 0.2) is 0 Å². The molecule has 3 nitrogen and oxygen atoms in total. The standard InChI is InChI=1S/C18H19Br2NO2/c1-4-22-16-7-5-15(6-8-16)21-11-13-9-14(19)10-17(20)18(13)23-12(2)3/h5-12H,4H2,1-3H3. The Morgan fingerprint density at radius 3 is 2.43 bits per heavy atom. The number of rotatable bonds is 6. The number of nitrogens with zero attached hydrogens (tertiary/aromatic N) is 1. The zero-order valence-corrected chi connectivity index (χ0v) is 16.5. The Labute approximate surface area is 154 Å². The molecule has 0 atom stereocenters. The molecule has 0 fully saturated rings. The summed E-state index contributed by atoms with van der Waals surface area (Å²) in [5.41, 5.74) is 1.77. The summed E-state index contributed by atoms with van der Waals surface area (Å²) in [6.07, 6.45) is 1.90. The van der Waals surface area contributed by atoms with Crippen LogP contribution in [0.3, 0.4) is 0 Å². The van der Waals surface area contributed by atoms with Gasteiger partial charge in [-0.2, -0.15) is 0 Å². The Kier molecular flexibility index (Phi) is 6.66. The molecule has 2 aromatic rings. The molecule has 23 heavy (non-hydrogen) atoms. The quantitative estimate of drug-likeness (QED) is 0.504. The van der Waals surface area contributed by atoms with Gasteiger partial charge in [-0.1, -0.05) is 15.9 Å². The van der Waals surface area contributed by atoms with Crippen LogP contribution in [0.15, 0.2) is 50.3 Å². The Balaban J connectivity index is 2.27. The van der Waals surface area contributed by atoms with Gasteiger partial charge < -0.3 is 9.47 Å². The Hall–Kier alpha value is -1.33. The van der Waals surface area contributed by atoms with Crippen molar-refractivity contribution < 1.29 is 9.47 Å². The van der Waals surface area contributed by atoms with E-state index in [1.54, 1.807) is 0 Å². The molecule has 0 aliphatic rings. The van der Waals surface area contributed by atoms with E-state index in [9.17, 15) is 0 Å². The molecule has 0 amide bonds. The molecule has 0 saturated carbocycles. The zero-order valence-electron chi connectivity index (χ0n) is 13.3. The van der Waals surface area contributed by atoms with Crippen molar-refractivity contribution in [2.45, 2.75) is 26.9 Å². The number of ether oxygens (including phenoxy) is 2. The smallest absolute Gasteiger partial charge is 0.142 e.